The highest BCUT2D eigenvalue weighted by atomic mass is 19.1. The van der Waals surface area contributed by atoms with Gasteiger partial charge in [0.15, 0.2) is 0 Å². The maximum Gasteiger partial charge on any atom is 0.417 e. The number of rotatable bonds is 6. The van der Waals surface area contributed by atoms with Crippen LogP contribution in [0.15, 0.2) is 49.2 Å². The summed E-state index contributed by atoms with van der Waals surface area (Å²) in [4.78, 5) is 38.5. The first kappa shape index (κ1) is 24.2. The molecule has 1 saturated carbocycles. The molecule has 0 saturated heterocycles. The quantitative estimate of drug-likeness (QED) is 0.570. The number of hydrogen-bond donors (Lipinski definition) is 1. The molecule has 0 radical (unpaired) electrons. The number of ether oxygens (including phenoxy) is 1. The standard InChI is InChI=1S/C24H26F2N6O3/c1-23(2,3)35-22(34)32(14-24(9-16(25)10-24)19-18(26)5-4-7-28-19)21-29-11-17(12-30-21)31-8-6-15(13-31)20(27)33/h4-8,11-13,16H,9-10,14H2,1-3H3,(H2,27,33)/t16-,24-. The van der Waals surface area contributed by atoms with E-state index in [1.54, 1.807) is 37.6 Å². The summed E-state index contributed by atoms with van der Waals surface area (Å²) < 4.78 is 35.9. The van der Waals surface area contributed by atoms with Crippen molar-refractivity contribution in [3.8, 4) is 5.69 Å². The highest BCUT2D eigenvalue weighted by molar-refractivity contribution is 5.92. The number of anilines is 1. The number of halogens is 2. The van der Waals surface area contributed by atoms with Crippen molar-refractivity contribution in [3.63, 3.8) is 0 Å². The van der Waals surface area contributed by atoms with Crippen LogP contribution in [0.2, 0.25) is 0 Å². The molecule has 0 aliphatic heterocycles. The van der Waals surface area contributed by atoms with Gasteiger partial charge >= 0.3 is 6.09 Å². The van der Waals surface area contributed by atoms with E-state index in [1.807, 2.05) is 0 Å². The Morgan fingerprint density at radius 2 is 1.91 bits per heavy atom. The van der Waals surface area contributed by atoms with Crippen molar-refractivity contribution in [1.29, 1.82) is 0 Å². The van der Waals surface area contributed by atoms with E-state index in [1.165, 1.54) is 41.8 Å². The highest BCUT2D eigenvalue weighted by Gasteiger charge is 2.51. The number of carbonyl (C=O) groups excluding carboxylic acids is 2. The van der Waals surface area contributed by atoms with Crippen LogP contribution in [-0.4, -0.2) is 49.8 Å². The summed E-state index contributed by atoms with van der Waals surface area (Å²) in [6.45, 7) is 5.02. The highest BCUT2D eigenvalue weighted by Crippen LogP contribution is 2.46. The molecule has 2 N–H and O–H groups in total. The minimum absolute atomic E-state index is 0.00240. The SMILES string of the molecule is CC(C)(C)OC(=O)N(C[C@]1(c2ncccc2F)C[C@H](F)C1)c1ncc(-n2ccc(C(N)=O)c2)cn1. The van der Waals surface area contributed by atoms with E-state index in [-0.39, 0.29) is 31.0 Å². The Kier molecular flexibility index (Phi) is 6.27. The van der Waals surface area contributed by atoms with Gasteiger partial charge in [-0.3, -0.25) is 9.78 Å². The molecule has 3 heterocycles. The molecule has 4 rings (SSSR count). The molecule has 9 nitrogen and oxygen atoms in total. The Balaban J connectivity index is 1.68. The van der Waals surface area contributed by atoms with Crippen molar-refractivity contribution in [1.82, 2.24) is 19.5 Å². The van der Waals surface area contributed by atoms with Crippen LogP contribution in [0, 0.1) is 5.82 Å². The molecule has 1 aliphatic rings. The van der Waals surface area contributed by atoms with Crippen LogP contribution in [0.3, 0.4) is 0 Å². The first-order valence-electron chi connectivity index (χ1n) is 11.0. The van der Waals surface area contributed by atoms with E-state index in [9.17, 15) is 18.4 Å². The summed E-state index contributed by atoms with van der Waals surface area (Å²) in [7, 11) is 0. The number of aromatic nitrogens is 4. The monoisotopic (exact) mass is 484 g/mol. The molecule has 0 atom stereocenters. The van der Waals surface area contributed by atoms with E-state index in [0.717, 1.165) is 0 Å². The number of amides is 2. The van der Waals surface area contributed by atoms with Crippen LogP contribution in [0.25, 0.3) is 5.69 Å². The van der Waals surface area contributed by atoms with Gasteiger partial charge in [0.05, 0.1) is 29.3 Å². The van der Waals surface area contributed by atoms with Gasteiger partial charge in [-0.15, -0.1) is 0 Å². The largest absolute Gasteiger partial charge is 0.443 e. The normalized spacial score (nSPS) is 19.6. The third-order valence-corrected chi connectivity index (χ3v) is 5.70. The summed E-state index contributed by atoms with van der Waals surface area (Å²) in [6.07, 6.45) is 5.60. The minimum Gasteiger partial charge on any atom is -0.443 e. The lowest BCUT2D eigenvalue weighted by atomic mass is 9.64. The second-order valence-electron chi connectivity index (χ2n) is 9.60. The molecule has 1 aliphatic carbocycles. The Morgan fingerprint density at radius 1 is 1.23 bits per heavy atom. The molecule has 3 aromatic heterocycles. The first-order valence-corrected chi connectivity index (χ1v) is 11.0. The Hall–Kier alpha value is -3.89. The molecule has 11 heteroatoms. The van der Waals surface area contributed by atoms with Crippen LogP contribution in [-0.2, 0) is 10.2 Å². The van der Waals surface area contributed by atoms with Crippen molar-refractivity contribution in [3.05, 3.63) is 66.3 Å². The summed E-state index contributed by atoms with van der Waals surface area (Å²) in [5, 5.41) is 0. The van der Waals surface area contributed by atoms with E-state index >= 15 is 0 Å². The van der Waals surface area contributed by atoms with E-state index in [0.29, 0.717) is 11.3 Å². The van der Waals surface area contributed by atoms with Gasteiger partial charge in [-0.25, -0.2) is 28.4 Å². The summed E-state index contributed by atoms with van der Waals surface area (Å²) in [5.41, 5.74) is 4.34. The molecule has 35 heavy (non-hydrogen) atoms. The maximum atomic E-state index is 14.7. The van der Waals surface area contributed by atoms with Gasteiger partial charge in [0.25, 0.3) is 0 Å². The Bertz CT molecular complexity index is 1230. The van der Waals surface area contributed by atoms with E-state index in [2.05, 4.69) is 15.0 Å². The fraction of sp³-hybridized carbons (Fsp3) is 0.375. The fourth-order valence-corrected chi connectivity index (χ4v) is 4.09. The van der Waals surface area contributed by atoms with Crippen LogP contribution in [0.1, 0.15) is 49.7 Å². The Morgan fingerprint density at radius 3 is 2.46 bits per heavy atom. The third kappa shape index (κ3) is 5.13. The molecule has 0 unspecified atom stereocenters. The van der Waals surface area contributed by atoms with Gasteiger partial charge in [-0.05, 0) is 51.8 Å². The molecule has 0 bridgehead atoms. The molecular weight excluding hydrogens is 458 g/mol. The number of nitrogens with zero attached hydrogens (tertiary/aromatic N) is 5. The zero-order valence-electron chi connectivity index (χ0n) is 19.6. The number of primary amides is 1. The summed E-state index contributed by atoms with van der Waals surface area (Å²) >= 11 is 0. The van der Waals surface area contributed by atoms with Gasteiger partial charge in [0.2, 0.25) is 11.9 Å². The zero-order chi connectivity index (χ0) is 25.4. The lowest BCUT2D eigenvalue weighted by molar-refractivity contribution is 0.0505. The van der Waals surface area contributed by atoms with Gasteiger partial charge in [0, 0.05) is 30.6 Å². The first-order chi connectivity index (χ1) is 16.5. The molecule has 2 amide bonds. The lowest BCUT2D eigenvalue weighted by Crippen LogP contribution is -2.54. The van der Waals surface area contributed by atoms with Gasteiger partial charge in [-0.1, -0.05) is 0 Å². The smallest absolute Gasteiger partial charge is 0.417 e. The molecule has 0 spiro atoms. The lowest BCUT2D eigenvalue weighted by Gasteiger charge is -2.45. The zero-order valence-corrected chi connectivity index (χ0v) is 19.6. The molecular formula is C24H26F2N6O3. The van der Waals surface area contributed by atoms with Crippen molar-refractivity contribution in [2.24, 2.45) is 5.73 Å². The topological polar surface area (TPSA) is 116 Å². The minimum atomic E-state index is -1.15. The second-order valence-corrected chi connectivity index (χ2v) is 9.60. The van der Waals surface area contributed by atoms with Gasteiger partial charge in [0.1, 0.15) is 17.6 Å². The maximum absolute atomic E-state index is 14.7. The van der Waals surface area contributed by atoms with Crippen LogP contribution in [0.4, 0.5) is 19.5 Å². The number of nitrogens with two attached hydrogens (primary N) is 1. The molecule has 0 aromatic carbocycles. The van der Waals surface area contributed by atoms with Gasteiger partial charge < -0.3 is 15.0 Å². The molecule has 3 aromatic rings. The van der Waals surface area contributed by atoms with Crippen LogP contribution in [0.5, 0.6) is 0 Å². The van der Waals surface area contributed by atoms with Crippen molar-refractivity contribution >= 4 is 17.9 Å². The molecule has 184 valence electrons. The van der Waals surface area contributed by atoms with Crippen LogP contribution < -0.4 is 10.6 Å². The molecule has 1 fully saturated rings. The third-order valence-electron chi connectivity index (χ3n) is 5.70. The van der Waals surface area contributed by atoms with E-state index < -0.39 is 35.0 Å². The fourth-order valence-electron chi connectivity index (χ4n) is 4.09. The number of hydrogen-bond acceptors (Lipinski definition) is 6. The van der Waals surface area contributed by atoms with Crippen molar-refractivity contribution in [2.45, 2.75) is 50.8 Å². The van der Waals surface area contributed by atoms with Gasteiger partial charge in [-0.2, -0.15) is 0 Å². The summed E-state index contributed by atoms with van der Waals surface area (Å²) in [5.74, 6) is -1.14. The van der Waals surface area contributed by atoms with Crippen molar-refractivity contribution in [2.75, 3.05) is 11.4 Å². The number of carbonyl (C=O) groups is 2. The predicted molar refractivity (Wildman–Crippen MR) is 123 cm³/mol. The van der Waals surface area contributed by atoms with E-state index in [4.69, 9.17) is 10.5 Å². The summed E-state index contributed by atoms with van der Waals surface area (Å²) in [6, 6.07) is 4.27. The average Bonchev–Trinajstić information content (AvgIpc) is 3.26. The number of alkyl halides is 1. The average molecular weight is 485 g/mol. The Labute approximate surface area is 200 Å². The van der Waals surface area contributed by atoms with Crippen LogP contribution >= 0.6 is 0 Å². The predicted octanol–water partition coefficient (Wildman–Crippen LogP) is 3.71. The van der Waals surface area contributed by atoms with Crippen molar-refractivity contribution < 1.29 is 23.1 Å². The number of pyridine rings is 1. The second kappa shape index (κ2) is 9.05.